The molecule has 1 aliphatic heterocycles. The Kier molecular flexibility index (Phi) is 9.02. The number of hydrogen-bond donors (Lipinski definition) is 0. The zero-order chi connectivity index (χ0) is 42.2. The highest BCUT2D eigenvalue weighted by molar-refractivity contribution is 6.98. The molecule has 1 nitrogen and oxygen atoms in total. The highest BCUT2D eigenvalue weighted by Gasteiger charge is 2.36. The maximum Gasteiger partial charge on any atom is 0.247 e. The summed E-state index contributed by atoms with van der Waals surface area (Å²) in [5.74, 6) is 0. The lowest BCUT2D eigenvalue weighted by Crippen LogP contribution is -2.57. The Morgan fingerprint density at radius 3 is 1.40 bits per heavy atom. The molecule has 2 heterocycles. The van der Waals surface area contributed by atoms with Crippen molar-refractivity contribution in [2.45, 2.75) is 41.5 Å². The summed E-state index contributed by atoms with van der Waals surface area (Å²) in [7, 11) is 0. The standard InChI is InChI=1S/C60H48BN/c1-37-29-39(3)58(40(4)30-37)46-26-28-57-54(35-46)61(59-41(5)31-38(2)32-42(59)6)55-36-47(51-24-16-14-22-49(51)44-19-11-8-12-20-44)34-53-52-33-45(25-27-56(52)62(57)60(53)55)50-23-15-13-21-48(50)43-17-9-7-10-18-43/h7-36H,1-6H3. The van der Waals surface area contributed by atoms with E-state index in [9.17, 15) is 0 Å². The van der Waals surface area contributed by atoms with E-state index in [-0.39, 0.29) is 6.71 Å². The van der Waals surface area contributed by atoms with Crippen molar-refractivity contribution in [3.8, 4) is 61.3 Å². The molecule has 9 aromatic carbocycles. The highest BCUT2D eigenvalue weighted by Crippen LogP contribution is 2.42. The SMILES string of the molecule is Cc1cc(C)c(B2c3cc(-c4c(C)cc(C)cc4C)ccc3-n3c4ccc(-c5ccccc5-c5ccccc5)cc4c4cc(-c5ccccc5-c5ccccc5)cc2c43)c(C)c1. The first kappa shape index (κ1) is 37.8. The zero-order valence-corrected chi connectivity index (χ0v) is 36.3. The van der Waals surface area contributed by atoms with Crippen molar-refractivity contribution in [1.82, 2.24) is 4.57 Å². The summed E-state index contributed by atoms with van der Waals surface area (Å²) >= 11 is 0. The van der Waals surface area contributed by atoms with Gasteiger partial charge in [0.25, 0.3) is 0 Å². The molecule has 0 fully saturated rings. The molecular weight excluding hydrogens is 745 g/mol. The van der Waals surface area contributed by atoms with Crippen molar-refractivity contribution in [3.63, 3.8) is 0 Å². The quantitative estimate of drug-likeness (QED) is 0.148. The first-order chi connectivity index (χ1) is 30.2. The van der Waals surface area contributed by atoms with Crippen molar-refractivity contribution >= 4 is 44.9 Å². The van der Waals surface area contributed by atoms with Crippen LogP contribution in [-0.2, 0) is 0 Å². The van der Waals surface area contributed by atoms with Gasteiger partial charge in [-0.3, -0.25) is 0 Å². The molecule has 1 aromatic heterocycles. The normalized spacial score (nSPS) is 12.0. The van der Waals surface area contributed by atoms with Crippen LogP contribution in [0.5, 0.6) is 0 Å². The Morgan fingerprint density at radius 1 is 0.355 bits per heavy atom. The van der Waals surface area contributed by atoms with Crippen molar-refractivity contribution in [1.29, 1.82) is 0 Å². The lowest BCUT2D eigenvalue weighted by Gasteiger charge is -2.30. The van der Waals surface area contributed by atoms with E-state index in [1.165, 1.54) is 133 Å². The van der Waals surface area contributed by atoms with Crippen LogP contribution in [0.25, 0.3) is 83.1 Å². The summed E-state index contributed by atoms with van der Waals surface area (Å²) < 4.78 is 2.59. The van der Waals surface area contributed by atoms with Gasteiger partial charge in [0.15, 0.2) is 0 Å². The monoisotopic (exact) mass is 793 g/mol. The third-order valence-corrected chi connectivity index (χ3v) is 13.4. The number of benzene rings is 9. The molecule has 1 aliphatic rings. The lowest BCUT2D eigenvalue weighted by molar-refractivity contribution is 1.19. The number of rotatable bonds is 6. The van der Waals surface area contributed by atoms with Gasteiger partial charge in [0, 0.05) is 22.0 Å². The van der Waals surface area contributed by atoms with Gasteiger partial charge in [0.05, 0.1) is 5.52 Å². The largest absolute Gasteiger partial charge is 0.310 e. The molecule has 0 saturated carbocycles. The number of aromatic nitrogens is 1. The summed E-state index contributed by atoms with van der Waals surface area (Å²) in [6.45, 7) is 13.6. The molecule has 11 rings (SSSR count). The first-order valence-electron chi connectivity index (χ1n) is 22.0. The van der Waals surface area contributed by atoms with Crippen LogP contribution in [0.4, 0.5) is 0 Å². The molecule has 296 valence electrons. The predicted octanol–water partition coefficient (Wildman–Crippen LogP) is 13.8. The van der Waals surface area contributed by atoms with Gasteiger partial charge in [-0.05, 0) is 143 Å². The fraction of sp³-hybridized carbons (Fsp3) is 0.100. The van der Waals surface area contributed by atoms with Crippen LogP contribution in [0.3, 0.4) is 0 Å². The molecule has 0 N–H and O–H groups in total. The van der Waals surface area contributed by atoms with Crippen LogP contribution in [0.2, 0.25) is 0 Å². The predicted molar refractivity (Wildman–Crippen MR) is 267 cm³/mol. The van der Waals surface area contributed by atoms with E-state index < -0.39 is 0 Å². The molecule has 0 bridgehead atoms. The van der Waals surface area contributed by atoms with Gasteiger partial charge in [-0.1, -0.05) is 185 Å². The molecule has 10 aromatic rings. The molecule has 0 saturated heterocycles. The van der Waals surface area contributed by atoms with Gasteiger partial charge in [-0.25, -0.2) is 0 Å². The van der Waals surface area contributed by atoms with Gasteiger partial charge in [0.2, 0.25) is 6.71 Å². The maximum atomic E-state index is 2.59. The molecular formula is C60H48BN. The average Bonchev–Trinajstić information content (AvgIpc) is 3.61. The van der Waals surface area contributed by atoms with Crippen molar-refractivity contribution in [3.05, 3.63) is 215 Å². The van der Waals surface area contributed by atoms with Crippen LogP contribution in [0.15, 0.2) is 182 Å². The minimum Gasteiger partial charge on any atom is -0.310 e. The number of aryl methyl sites for hydroxylation is 6. The summed E-state index contributed by atoms with van der Waals surface area (Å²) in [4.78, 5) is 0. The van der Waals surface area contributed by atoms with Crippen LogP contribution < -0.4 is 16.4 Å². The maximum absolute atomic E-state index is 2.59. The molecule has 0 radical (unpaired) electrons. The molecule has 62 heavy (non-hydrogen) atoms. The van der Waals surface area contributed by atoms with E-state index in [0.717, 1.165) is 0 Å². The number of fused-ring (bicyclic) bond motifs is 5. The second-order valence-electron chi connectivity index (χ2n) is 17.6. The fourth-order valence-corrected chi connectivity index (χ4v) is 11.1. The molecule has 2 heteroatoms. The lowest BCUT2D eigenvalue weighted by atomic mass is 9.34. The summed E-state index contributed by atoms with van der Waals surface area (Å²) in [5, 5.41) is 2.54. The molecule has 0 spiro atoms. The Morgan fingerprint density at radius 2 is 0.823 bits per heavy atom. The Labute approximate surface area is 366 Å². The minimum absolute atomic E-state index is 0.0121. The van der Waals surface area contributed by atoms with Crippen LogP contribution in [0.1, 0.15) is 33.4 Å². The average molecular weight is 794 g/mol. The van der Waals surface area contributed by atoms with Gasteiger partial charge in [0.1, 0.15) is 0 Å². The van der Waals surface area contributed by atoms with Crippen molar-refractivity contribution < 1.29 is 0 Å². The first-order valence-corrected chi connectivity index (χ1v) is 22.0. The second-order valence-corrected chi connectivity index (χ2v) is 17.6. The molecule has 0 aliphatic carbocycles. The molecule has 0 unspecified atom stereocenters. The van der Waals surface area contributed by atoms with Crippen molar-refractivity contribution in [2.24, 2.45) is 0 Å². The fourth-order valence-electron chi connectivity index (χ4n) is 11.1. The van der Waals surface area contributed by atoms with Crippen LogP contribution in [0, 0.1) is 41.5 Å². The van der Waals surface area contributed by atoms with Crippen LogP contribution in [-0.4, -0.2) is 11.3 Å². The van der Waals surface area contributed by atoms with Crippen molar-refractivity contribution in [2.75, 3.05) is 0 Å². The number of nitrogens with zero attached hydrogens (tertiary/aromatic N) is 1. The third kappa shape index (κ3) is 6.08. The van der Waals surface area contributed by atoms with E-state index in [0.29, 0.717) is 0 Å². The van der Waals surface area contributed by atoms with E-state index in [2.05, 4.69) is 228 Å². The minimum atomic E-state index is 0.0121. The second kappa shape index (κ2) is 14.8. The zero-order valence-electron chi connectivity index (χ0n) is 36.3. The van der Waals surface area contributed by atoms with E-state index in [1.807, 2.05) is 0 Å². The van der Waals surface area contributed by atoms with Gasteiger partial charge in [-0.2, -0.15) is 0 Å². The smallest absolute Gasteiger partial charge is 0.247 e. The van der Waals surface area contributed by atoms with Gasteiger partial charge >= 0.3 is 0 Å². The Balaban J connectivity index is 1.27. The third-order valence-electron chi connectivity index (χ3n) is 13.4. The highest BCUT2D eigenvalue weighted by atomic mass is 15.0. The van der Waals surface area contributed by atoms with E-state index >= 15 is 0 Å². The summed E-state index contributed by atoms with van der Waals surface area (Å²) in [5.41, 5.74) is 28.2. The van der Waals surface area contributed by atoms with Gasteiger partial charge < -0.3 is 4.57 Å². The molecule has 0 atom stereocenters. The number of hydrogen-bond acceptors (Lipinski definition) is 0. The van der Waals surface area contributed by atoms with E-state index in [4.69, 9.17) is 0 Å². The topological polar surface area (TPSA) is 4.93 Å². The van der Waals surface area contributed by atoms with E-state index in [1.54, 1.807) is 0 Å². The Hall–Kier alpha value is -7.16. The Bertz CT molecular complexity index is 3360. The molecule has 0 amide bonds. The van der Waals surface area contributed by atoms with Crippen LogP contribution >= 0.6 is 0 Å². The van der Waals surface area contributed by atoms with Gasteiger partial charge in [-0.15, -0.1) is 0 Å². The summed E-state index contributed by atoms with van der Waals surface area (Å²) in [6, 6.07) is 68.4. The summed E-state index contributed by atoms with van der Waals surface area (Å²) in [6.07, 6.45) is 0.